The fraction of sp³-hybridized carbons (Fsp3) is 0.500. The van der Waals surface area contributed by atoms with E-state index < -0.39 is 0 Å². The minimum Gasteiger partial charge on any atom is -0.488 e. The number of aliphatic hydroxyl groups is 1. The molecule has 1 N–H and O–H groups in total. The van der Waals surface area contributed by atoms with Crippen molar-refractivity contribution in [2.45, 2.75) is 12.3 Å². The molecule has 0 unspecified atom stereocenters. The monoisotopic (exact) mass is 231 g/mol. The van der Waals surface area contributed by atoms with Crippen LogP contribution in [0.25, 0.3) is 0 Å². The third-order valence-corrected chi connectivity index (χ3v) is 2.28. The van der Waals surface area contributed by atoms with Gasteiger partial charge in [0.1, 0.15) is 0 Å². The van der Waals surface area contributed by atoms with Crippen molar-refractivity contribution in [1.29, 1.82) is 0 Å². The van der Waals surface area contributed by atoms with E-state index in [1.807, 2.05) is 0 Å². The van der Waals surface area contributed by atoms with Crippen molar-refractivity contribution < 1.29 is 9.84 Å². The normalized spacial score (nSPS) is 10.3. The van der Waals surface area contributed by atoms with Gasteiger partial charge in [0.15, 0.2) is 5.75 Å². The van der Waals surface area contributed by atoms with Gasteiger partial charge < -0.3 is 14.4 Å². The van der Waals surface area contributed by atoms with Crippen molar-refractivity contribution in [1.82, 2.24) is 4.57 Å². The molecule has 4 nitrogen and oxygen atoms in total. The lowest BCUT2D eigenvalue weighted by atomic mass is 10.3. The van der Waals surface area contributed by atoms with Gasteiger partial charge in [0.2, 0.25) is 5.43 Å². The molecule has 0 saturated carbocycles. The van der Waals surface area contributed by atoms with Crippen LogP contribution in [-0.4, -0.2) is 22.9 Å². The van der Waals surface area contributed by atoms with E-state index in [9.17, 15) is 4.79 Å². The molecule has 0 spiro atoms. The Balaban J connectivity index is 2.81. The molecule has 0 atom stereocenters. The molecule has 0 aliphatic heterocycles. The second kappa shape index (κ2) is 5.78. The maximum Gasteiger partial charge on any atom is 0.223 e. The number of rotatable bonds is 5. The fourth-order valence-electron chi connectivity index (χ4n) is 1.13. The number of aromatic nitrogens is 1. The van der Waals surface area contributed by atoms with E-state index in [4.69, 9.17) is 21.4 Å². The molecule has 1 aromatic heterocycles. The minimum absolute atomic E-state index is 0.0556. The largest absolute Gasteiger partial charge is 0.488 e. The van der Waals surface area contributed by atoms with Crippen molar-refractivity contribution in [3.63, 3.8) is 0 Å². The molecular weight excluding hydrogens is 218 g/mol. The molecule has 0 saturated heterocycles. The zero-order chi connectivity index (χ0) is 11.3. The summed E-state index contributed by atoms with van der Waals surface area (Å²) in [7, 11) is 1.80. The van der Waals surface area contributed by atoms with E-state index in [2.05, 4.69) is 0 Å². The summed E-state index contributed by atoms with van der Waals surface area (Å²) in [6.45, 7) is 0.395. The zero-order valence-electron chi connectivity index (χ0n) is 8.57. The Hall–Kier alpha value is -1.00. The highest BCUT2D eigenvalue weighted by atomic mass is 35.5. The van der Waals surface area contributed by atoms with Crippen LogP contribution in [0.15, 0.2) is 17.1 Å². The summed E-state index contributed by atoms with van der Waals surface area (Å²) in [5.74, 6) is 0.586. The molecule has 0 amide bonds. The van der Waals surface area contributed by atoms with Gasteiger partial charge in [-0.3, -0.25) is 4.79 Å². The van der Waals surface area contributed by atoms with Crippen LogP contribution < -0.4 is 10.2 Å². The van der Waals surface area contributed by atoms with Crippen LogP contribution in [0.4, 0.5) is 0 Å². The standard InChI is InChI=1S/C10H14ClNO3/c1-12-7-10(15-4-2-3-13)9(14)5-8(12)6-11/h5,7,13H,2-4,6H2,1H3. The third kappa shape index (κ3) is 3.25. The molecule has 0 radical (unpaired) electrons. The predicted octanol–water partition coefficient (Wildman–Crippen LogP) is 0.885. The van der Waals surface area contributed by atoms with Crippen LogP contribution in [-0.2, 0) is 12.9 Å². The Morgan fingerprint density at radius 2 is 2.33 bits per heavy atom. The molecule has 5 heteroatoms. The van der Waals surface area contributed by atoms with Gasteiger partial charge in [0.25, 0.3) is 0 Å². The second-order valence-electron chi connectivity index (χ2n) is 3.16. The Kier molecular flexibility index (Phi) is 4.65. The average molecular weight is 232 g/mol. The van der Waals surface area contributed by atoms with Crippen LogP contribution in [0.3, 0.4) is 0 Å². The molecule has 0 aliphatic rings. The molecule has 84 valence electrons. The van der Waals surface area contributed by atoms with Crippen molar-refractivity contribution in [3.05, 3.63) is 28.2 Å². The molecule has 0 aliphatic carbocycles. The highest BCUT2D eigenvalue weighted by Gasteiger charge is 2.04. The molecule has 1 aromatic rings. The number of hydrogen-bond donors (Lipinski definition) is 1. The number of alkyl halides is 1. The van der Waals surface area contributed by atoms with E-state index in [1.165, 1.54) is 6.07 Å². The van der Waals surface area contributed by atoms with Gasteiger partial charge in [-0.1, -0.05) is 0 Å². The molecule has 1 heterocycles. The Labute approximate surface area is 93.1 Å². The van der Waals surface area contributed by atoms with Crippen LogP contribution in [0, 0.1) is 0 Å². The van der Waals surface area contributed by atoms with Crippen molar-refractivity contribution in [2.24, 2.45) is 7.05 Å². The van der Waals surface area contributed by atoms with Crippen LogP contribution in [0.5, 0.6) is 5.75 Å². The summed E-state index contributed by atoms with van der Waals surface area (Å²) in [5, 5.41) is 8.57. The number of aliphatic hydroxyl groups excluding tert-OH is 1. The predicted molar refractivity (Wildman–Crippen MR) is 58.4 cm³/mol. The number of aryl methyl sites for hydroxylation is 1. The molecule has 0 fully saturated rings. The van der Waals surface area contributed by atoms with Gasteiger partial charge in [-0.25, -0.2) is 0 Å². The number of halogens is 1. The summed E-state index contributed by atoms with van der Waals surface area (Å²) >= 11 is 5.65. The lowest BCUT2D eigenvalue weighted by Gasteiger charge is -2.09. The maximum absolute atomic E-state index is 11.5. The Morgan fingerprint density at radius 3 is 2.93 bits per heavy atom. The summed E-state index contributed by atoms with van der Waals surface area (Å²) in [4.78, 5) is 11.5. The highest BCUT2D eigenvalue weighted by molar-refractivity contribution is 6.16. The zero-order valence-corrected chi connectivity index (χ0v) is 9.33. The molecule has 0 bridgehead atoms. The molecular formula is C10H14ClNO3. The van der Waals surface area contributed by atoms with Gasteiger partial charge in [0, 0.05) is 31.8 Å². The van der Waals surface area contributed by atoms with E-state index in [0.29, 0.717) is 24.7 Å². The lowest BCUT2D eigenvalue weighted by Crippen LogP contribution is -2.14. The first-order valence-electron chi connectivity index (χ1n) is 4.68. The van der Waals surface area contributed by atoms with E-state index in [0.717, 1.165) is 5.69 Å². The van der Waals surface area contributed by atoms with Crippen molar-refractivity contribution in [3.8, 4) is 5.75 Å². The fourth-order valence-corrected chi connectivity index (χ4v) is 1.40. The van der Waals surface area contributed by atoms with Gasteiger partial charge >= 0.3 is 0 Å². The number of ether oxygens (including phenoxy) is 1. The molecule has 0 aromatic carbocycles. The minimum atomic E-state index is -0.179. The summed E-state index contributed by atoms with van der Waals surface area (Å²) in [5.41, 5.74) is 0.567. The Bertz CT molecular complexity index is 375. The van der Waals surface area contributed by atoms with Crippen LogP contribution in [0.2, 0.25) is 0 Å². The van der Waals surface area contributed by atoms with Gasteiger partial charge in [0.05, 0.1) is 18.7 Å². The third-order valence-electron chi connectivity index (χ3n) is 2.00. The lowest BCUT2D eigenvalue weighted by molar-refractivity contribution is 0.231. The topological polar surface area (TPSA) is 51.5 Å². The van der Waals surface area contributed by atoms with E-state index in [1.54, 1.807) is 17.8 Å². The first-order chi connectivity index (χ1) is 7.19. The molecule has 1 rings (SSSR count). The van der Waals surface area contributed by atoms with E-state index >= 15 is 0 Å². The van der Waals surface area contributed by atoms with Gasteiger partial charge in [-0.05, 0) is 0 Å². The summed E-state index contributed by atoms with van der Waals surface area (Å²) in [6.07, 6.45) is 2.12. The van der Waals surface area contributed by atoms with Gasteiger partial charge in [-0.2, -0.15) is 0 Å². The number of nitrogens with zero attached hydrogens (tertiary/aromatic N) is 1. The Morgan fingerprint density at radius 1 is 1.60 bits per heavy atom. The smallest absolute Gasteiger partial charge is 0.223 e. The highest BCUT2D eigenvalue weighted by Crippen LogP contribution is 2.07. The van der Waals surface area contributed by atoms with Crippen molar-refractivity contribution >= 4 is 11.6 Å². The van der Waals surface area contributed by atoms with Crippen LogP contribution in [0.1, 0.15) is 12.1 Å². The SMILES string of the molecule is Cn1cc(OCCCO)c(=O)cc1CCl. The van der Waals surface area contributed by atoms with Crippen molar-refractivity contribution in [2.75, 3.05) is 13.2 Å². The maximum atomic E-state index is 11.5. The van der Waals surface area contributed by atoms with Gasteiger partial charge in [-0.15, -0.1) is 11.6 Å². The number of pyridine rings is 1. The number of hydrogen-bond acceptors (Lipinski definition) is 3. The summed E-state index contributed by atoms with van der Waals surface area (Å²) < 4.78 is 6.97. The first-order valence-corrected chi connectivity index (χ1v) is 5.21. The van der Waals surface area contributed by atoms with Crippen LogP contribution >= 0.6 is 11.6 Å². The summed E-state index contributed by atoms with van der Waals surface area (Å²) in [6, 6.07) is 1.46. The second-order valence-corrected chi connectivity index (χ2v) is 3.43. The first kappa shape index (κ1) is 12.1. The average Bonchev–Trinajstić information content (AvgIpc) is 2.23. The molecule has 15 heavy (non-hydrogen) atoms. The van der Waals surface area contributed by atoms with E-state index in [-0.39, 0.29) is 12.0 Å². The quantitative estimate of drug-likeness (QED) is 0.605.